The second-order valence-electron chi connectivity index (χ2n) is 3.50. The van der Waals surface area contributed by atoms with Crippen LogP contribution in [0.15, 0.2) is 6.07 Å². The quantitative estimate of drug-likeness (QED) is 0.808. The van der Waals surface area contributed by atoms with Gasteiger partial charge in [-0.1, -0.05) is 0 Å². The number of carbonyl (C=O) groups is 1. The number of rotatable bonds is 4. The molecule has 1 rings (SSSR count). The van der Waals surface area contributed by atoms with E-state index in [2.05, 4.69) is 9.97 Å². The second-order valence-corrected chi connectivity index (χ2v) is 3.50. The zero-order chi connectivity index (χ0) is 11.4. The first-order valence-corrected chi connectivity index (χ1v) is 4.70. The van der Waals surface area contributed by atoms with Crippen LogP contribution in [0.5, 0.6) is 5.88 Å². The van der Waals surface area contributed by atoms with Gasteiger partial charge in [0.05, 0.1) is 6.10 Å². The van der Waals surface area contributed by atoms with Crippen molar-refractivity contribution < 1.29 is 14.6 Å². The summed E-state index contributed by atoms with van der Waals surface area (Å²) in [6.45, 7) is 5.54. The molecule has 0 bridgehead atoms. The topological polar surface area (TPSA) is 72.3 Å². The molecule has 0 spiro atoms. The van der Waals surface area contributed by atoms with Crippen LogP contribution in [0.2, 0.25) is 0 Å². The molecule has 0 atom stereocenters. The molecule has 0 amide bonds. The van der Waals surface area contributed by atoms with Crippen LogP contribution in [0, 0.1) is 6.92 Å². The fourth-order valence-electron chi connectivity index (χ4n) is 1.12. The molecule has 5 nitrogen and oxygen atoms in total. The van der Waals surface area contributed by atoms with E-state index in [1.807, 2.05) is 13.8 Å². The fourth-order valence-corrected chi connectivity index (χ4v) is 1.12. The number of ether oxygens (including phenoxy) is 1. The summed E-state index contributed by atoms with van der Waals surface area (Å²) in [5.41, 5.74) is 0.705. The van der Waals surface area contributed by atoms with Crippen LogP contribution in [-0.2, 0) is 11.2 Å². The molecule has 0 unspecified atom stereocenters. The highest BCUT2D eigenvalue weighted by atomic mass is 16.5. The van der Waals surface area contributed by atoms with E-state index in [-0.39, 0.29) is 18.3 Å². The molecule has 0 radical (unpaired) electrons. The summed E-state index contributed by atoms with van der Waals surface area (Å²) in [6, 6.07) is 1.69. The first kappa shape index (κ1) is 11.4. The van der Waals surface area contributed by atoms with Gasteiger partial charge in [0.1, 0.15) is 12.2 Å². The minimum absolute atomic E-state index is 0.0111. The number of carboxylic acids is 1. The number of hydrogen-bond donors (Lipinski definition) is 1. The Labute approximate surface area is 88.1 Å². The molecular weight excluding hydrogens is 196 g/mol. The lowest BCUT2D eigenvalue weighted by molar-refractivity contribution is -0.136. The van der Waals surface area contributed by atoms with Crippen molar-refractivity contribution in [1.29, 1.82) is 0 Å². The van der Waals surface area contributed by atoms with Crippen LogP contribution in [0.4, 0.5) is 0 Å². The summed E-state index contributed by atoms with van der Waals surface area (Å²) < 4.78 is 5.37. The van der Waals surface area contributed by atoms with Crippen LogP contribution in [0.3, 0.4) is 0 Å². The Morgan fingerprint density at radius 3 is 2.73 bits per heavy atom. The Bertz CT molecular complexity index is 364. The van der Waals surface area contributed by atoms with Crippen LogP contribution < -0.4 is 4.74 Å². The van der Waals surface area contributed by atoms with Gasteiger partial charge in [0.15, 0.2) is 0 Å². The maximum absolute atomic E-state index is 10.5. The molecule has 0 aliphatic heterocycles. The number of nitrogens with zero attached hydrogens (tertiary/aromatic N) is 2. The van der Waals surface area contributed by atoms with Gasteiger partial charge in [-0.15, -0.1) is 0 Å². The molecule has 1 N–H and O–H groups in total. The summed E-state index contributed by atoms with van der Waals surface area (Å²) >= 11 is 0. The number of hydrogen-bond acceptors (Lipinski definition) is 4. The predicted molar refractivity (Wildman–Crippen MR) is 53.9 cm³/mol. The Morgan fingerprint density at radius 2 is 2.20 bits per heavy atom. The number of carboxylic acid groups (broad SMARTS) is 1. The third kappa shape index (κ3) is 3.93. The minimum atomic E-state index is -0.948. The van der Waals surface area contributed by atoms with E-state index in [1.54, 1.807) is 13.0 Å². The van der Waals surface area contributed by atoms with E-state index in [0.717, 1.165) is 0 Å². The average Bonchev–Trinajstić information content (AvgIpc) is 1.98. The van der Waals surface area contributed by atoms with Gasteiger partial charge in [-0.2, -0.15) is 4.98 Å². The van der Waals surface area contributed by atoms with E-state index in [0.29, 0.717) is 11.6 Å². The second kappa shape index (κ2) is 4.72. The van der Waals surface area contributed by atoms with Gasteiger partial charge in [0.2, 0.25) is 5.88 Å². The molecule has 0 fully saturated rings. The molecule has 1 aromatic heterocycles. The van der Waals surface area contributed by atoms with Crippen molar-refractivity contribution in [2.75, 3.05) is 0 Å². The molecule has 1 heterocycles. The van der Waals surface area contributed by atoms with Crippen molar-refractivity contribution in [2.24, 2.45) is 0 Å². The molecule has 15 heavy (non-hydrogen) atoms. The summed E-state index contributed by atoms with van der Waals surface area (Å²) in [6.07, 6.45) is -0.173. The molecule has 82 valence electrons. The molecule has 0 saturated carbocycles. The molecular formula is C10H14N2O3. The van der Waals surface area contributed by atoms with Crippen molar-refractivity contribution >= 4 is 5.97 Å². The van der Waals surface area contributed by atoms with Gasteiger partial charge in [0, 0.05) is 11.8 Å². The van der Waals surface area contributed by atoms with Gasteiger partial charge in [-0.05, 0) is 20.8 Å². The van der Waals surface area contributed by atoms with Gasteiger partial charge in [0.25, 0.3) is 0 Å². The van der Waals surface area contributed by atoms with Gasteiger partial charge in [-0.3, -0.25) is 4.79 Å². The number of aryl methyl sites for hydroxylation is 1. The van der Waals surface area contributed by atoms with Gasteiger partial charge >= 0.3 is 5.97 Å². The van der Waals surface area contributed by atoms with Crippen LogP contribution >= 0.6 is 0 Å². The Kier molecular flexibility index (Phi) is 3.60. The molecule has 0 saturated heterocycles. The lowest BCUT2D eigenvalue weighted by Crippen LogP contribution is -2.11. The number of aromatic nitrogens is 2. The van der Waals surface area contributed by atoms with Gasteiger partial charge < -0.3 is 9.84 Å². The molecule has 0 aromatic carbocycles. The molecule has 0 aliphatic rings. The minimum Gasteiger partial charge on any atom is -0.481 e. The maximum Gasteiger partial charge on any atom is 0.311 e. The lowest BCUT2D eigenvalue weighted by Gasteiger charge is -2.09. The van der Waals surface area contributed by atoms with Gasteiger partial charge in [-0.25, -0.2) is 4.98 Å². The van der Waals surface area contributed by atoms with Crippen LogP contribution in [-0.4, -0.2) is 27.1 Å². The van der Waals surface area contributed by atoms with E-state index in [4.69, 9.17) is 9.84 Å². The standard InChI is InChI=1S/C10H14N2O3/c1-6(2)15-9-4-7(3)11-8(12-9)5-10(13)14/h4,6H,5H2,1-3H3,(H,13,14). The third-order valence-corrected chi connectivity index (χ3v) is 1.54. The van der Waals surface area contributed by atoms with E-state index < -0.39 is 5.97 Å². The molecule has 5 heteroatoms. The van der Waals surface area contributed by atoms with Crippen LogP contribution in [0.25, 0.3) is 0 Å². The van der Waals surface area contributed by atoms with E-state index in [9.17, 15) is 4.79 Å². The number of aliphatic carboxylic acids is 1. The summed E-state index contributed by atoms with van der Waals surface area (Å²) in [5.74, 6) is -0.247. The monoisotopic (exact) mass is 210 g/mol. The van der Waals surface area contributed by atoms with E-state index in [1.165, 1.54) is 0 Å². The van der Waals surface area contributed by atoms with Crippen LogP contribution in [0.1, 0.15) is 25.4 Å². The third-order valence-electron chi connectivity index (χ3n) is 1.54. The first-order valence-electron chi connectivity index (χ1n) is 4.70. The fraction of sp³-hybridized carbons (Fsp3) is 0.500. The molecule has 1 aromatic rings. The zero-order valence-electron chi connectivity index (χ0n) is 9.02. The van der Waals surface area contributed by atoms with Crippen molar-refractivity contribution in [3.63, 3.8) is 0 Å². The maximum atomic E-state index is 10.5. The summed E-state index contributed by atoms with van der Waals surface area (Å²) in [7, 11) is 0. The smallest absolute Gasteiger partial charge is 0.311 e. The highest BCUT2D eigenvalue weighted by Gasteiger charge is 2.08. The Balaban J connectivity index is 2.89. The lowest BCUT2D eigenvalue weighted by atomic mass is 10.3. The normalized spacial score (nSPS) is 10.4. The Hall–Kier alpha value is -1.65. The predicted octanol–water partition coefficient (Wildman–Crippen LogP) is 1.20. The molecule has 0 aliphatic carbocycles. The van der Waals surface area contributed by atoms with Crippen molar-refractivity contribution in [3.05, 3.63) is 17.6 Å². The summed E-state index contributed by atoms with van der Waals surface area (Å²) in [5, 5.41) is 8.61. The highest BCUT2D eigenvalue weighted by molar-refractivity contribution is 5.69. The van der Waals surface area contributed by atoms with Crippen molar-refractivity contribution in [2.45, 2.75) is 33.3 Å². The van der Waals surface area contributed by atoms with Crippen molar-refractivity contribution in [3.8, 4) is 5.88 Å². The average molecular weight is 210 g/mol. The summed E-state index contributed by atoms with van der Waals surface area (Å²) in [4.78, 5) is 18.5. The van der Waals surface area contributed by atoms with E-state index >= 15 is 0 Å². The SMILES string of the molecule is Cc1cc(OC(C)C)nc(CC(=O)O)n1. The highest BCUT2D eigenvalue weighted by Crippen LogP contribution is 2.11. The largest absolute Gasteiger partial charge is 0.481 e. The van der Waals surface area contributed by atoms with Crippen molar-refractivity contribution in [1.82, 2.24) is 9.97 Å². The first-order chi connectivity index (χ1) is 6.97. The zero-order valence-corrected chi connectivity index (χ0v) is 9.02. The Morgan fingerprint density at radius 1 is 1.53 bits per heavy atom.